The highest BCUT2D eigenvalue weighted by Gasteiger charge is 2.33. The number of fused-ring (bicyclic) bond motifs is 1. The number of nitrogens with zero attached hydrogens (tertiary/aromatic N) is 1. The Labute approximate surface area is 206 Å². The van der Waals surface area contributed by atoms with E-state index in [0.717, 1.165) is 22.3 Å². The lowest BCUT2D eigenvalue weighted by atomic mass is 9.88. The molecule has 1 amide bonds. The predicted molar refractivity (Wildman–Crippen MR) is 133 cm³/mol. The Kier molecular flexibility index (Phi) is 7.65. The maximum atomic E-state index is 12.7. The molecule has 0 radical (unpaired) electrons. The monoisotopic (exact) mass is 477 g/mol. The molecule has 3 aromatic rings. The van der Waals surface area contributed by atoms with Gasteiger partial charge in [-0.3, -0.25) is 0 Å². The van der Waals surface area contributed by atoms with Crippen LogP contribution in [0.25, 0.3) is 0 Å². The van der Waals surface area contributed by atoms with E-state index in [-0.39, 0.29) is 12.1 Å². The first-order chi connectivity index (χ1) is 17.1. The number of ether oxygens (including phenoxy) is 5. The summed E-state index contributed by atoms with van der Waals surface area (Å²) < 4.78 is 27.8. The fourth-order valence-electron chi connectivity index (χ4n) is 4.50. The van der Waals surface area contributed by atoms with Crippen molar-refractivity contribution in [1.82, 2.24) is 4.90 Å². The first kappa shape index (κ1) is 24.3. The molecule has 1 aliphatic rings. The first-order valence-electron chi connectivity index (χ1n) is 11.5. The van der Waals surface area contributed by atoms with Crippen molar-refractivity contribution in [2.45, 2.75) is 25.5 Å². The van der Waals surface area contributed by atoms with Crippen LogP contribution < -0.4 is 18.9 Å². The molecule has 1 aliphatic heterocycles. The van der Waals surface area contributed by atoms with E-state index in [1.807, 2.05) is 60.7 Å². The van der Waals surface area contributed by atoms with Crippen LogP contribution in [-0.4, -0.2) is 46.0 Å². The lowest BCUT2D eigenvalue weighted by Gasteiger charge is -2.37. The zero-order valence-corrected chi connectivity index (χ0v) is 20.6. The number of carbonyl (C=O) groups is 1. The zero-order valence-electron chi connectivity index (χ0n) is 20.6. The van der Waals surface area contributed by atoms with Crippen molar-refractivity contribution in [1.29, 1.82) is 0 Å². The standard InChI is InChI=1S/C28H31NO6/c1-31-24-11-10-20(15-27(24)35-18-19-8-6-5-7-9-19)14-23-22-17-26(33-3)25(32-2)16-21(22)12-13-29(23)28(30)34-4/h5-11,15-17,23H,12-14,18H2,1-4H3. The Morgan fingerprint density at radius 2 is 1.54 bits per heavy atom. The molecule has 7 nitrogen and oxygen atoms in total. The van der Waals surface area contributed by atoms with Crippen LogP contribution in [0.1, 0.15) is 28.3 Å². The van der Waals surface area contributed by atoms with Crippen LogP contribution in [0, 0.1) is 0 Å². The minimum absolute atomic E-state index is 0.235. The van der Waals surface area contributed by atoms with E-state index >= 15 is 0 Å². The van der Waals surface area contributed by atoms with Gasteiger partial charge in [0.05, 0.1) is 34.5 Å². The van der Waals surface area contributed by atoms with E-state index in [2.05, 4.69) is 0 Å². The lowest BCUT2D eigenvalue weighted by Crippen LogP contribution is -2.41. The summed E-state index contributed by atoms with van der Waals surface area (Å²) in [5.74, 6) is 2.62. The van der Waals surface area contributed by atoms with Crippen LogP contribution in [0.4, 0.5) is 4.79 Å². The quantitative estimate of drug-likeness (QED) is 0.444. The van der Waals surface area contributed by atoms with Crippen molar-refractivity contribution in [2.24, 2.45) is 0 Å². The van der Waals surface area contributed by atoms with Gasteiger partial charge < -0.3 is 28.6 Å². The molecule has 3 aromatic carbocycles. The molecule has 1 heterocycles. The van der Waals surface area contributed by atoms with Gasteiger partial charge in [0.1, 0.15) is 6.61 Å². The number of amides is 1. The average molecular weight is 478 g/mol. The maximum Gasteiger partial charge on any atom is 0.410 e. The molecule has 0 saturated carbocycles. The number of benzene rings is 3. The average Bonchev–Trinajstić information content (AvgIpc) is 2.91. The Hall–Kier alpha value is -3.87. The molecular weight excluding hydrogens is 446 g/mol. The summed E-state index contributed by atoms with van der Waals surface area (Å²) in [5.41, 5.74) is 4.22. The van der Waals surface area contributed by atoms with Crippen LogP contribution in [-0.2, 0) is 24.2 Å². The van der Waals surface area contributed by atoms with Crippen molar-refractivity contribution in [3.05, 3.63) is 82.9 Å². The molecule has 1 unspecified atom stereocenters. The van der Waals surface area contributed by atoms with E-state index < -0.39 is 0 Å². The summed E-state index contributed by atoms with van der Waals surface area (Å²) in [6.45, 7) is 0.978. The molecule has 0 aliphatic carbocycles. The van der Waals surface area contributed by atoms with E-state index in [9.17, 15) is 4.79 Å². The largest absolute Gasteiger partial charge is 0.493 e. The minimum Gasteiger partial charge on any atom is -0.493 e. The van der Waals surface area contributed by atoms with Gasteiger partial charge >= 0.3 is 6.09 Å². The van der Waals surface area contributed by atoms with E-state index in [1.54, 1.807) is 26.2 Å². The van der Waals surface area contributed by atoms with Crippen LogP contribution in [0.15, 0.2) is 60.7 Å². The number of methoxy groups -OCH3 is 4. The van der Waals surface area contributed by atoms with Crippen molar-refractivity contribution in [3.63, 3.8) is 0 Å². The second-order valence-electron chi connectivity index (χ2n) is 8.30. The van der Waals surface area contributed by atoms with E-state index in [0.29, 0.717) is 49.0 Å². The molecule has 35 heavy (non-hydrogen) atoms. The lowest BCUT2D eigenvalue weighted by molar-refractivity contribution is 0.100. The second-order valence-corrected chi connectivity index (χ2v) is 8.30. The topological polar surface area (TPSA) is 66.5 Å². The molecule has 0 aromatic heterocycles. The third kappa shape index (κ3) is 5.29. The van der Waals surface area contributed by atoms with Gasteiger partial charge in [-0.2, -0.15) is 0 Å². The second kappa shape index (κ2) is 11.0. The minimum atomic E-state index is -0.357. The molecule has 0 bridgehead atoms. The molecule has 1 atom stereocenters. The number of rotatable bonds is 8. The Morgan fingerprint density at radius 1 is 0.829 bits per heavy atom. The number of carbonyl (C=O) groups excluding carboxylic acids is 1. The third-order valence-electron chi connectivity index (χ3n) is 6.31. The molecule has 4 rings (SSSR count). The summed E-state index contributed by atoms with van der Waals surface area (Å²) in [4.78, 5) is 14.5. The highest BCUT2D eigenvalue weighted by Crippen LogP contribution is 2.40. The van der Waals surface area contributed by atoms with Gasteiger partial charge in [0, 0.05) is 6.54 Å². The predicted octanol–water partition coefficient (Wildman–Crippen LogP) is 5.20. The van der Waals surface area contributed by atoms with Crippen molar-refractivity contribution >= 4 is 6.09 Å². The molecule has 184 valence electrons. The highest BCUT2D eigenvalue weighted by molar-refractivity contribution is 5.69. The summed E-state index contributed by atoms with van der Waals surface area (Å²) in [6.07, 6.45) is 0.919. The summed E-state index contributed by atoms with van der Waals surface area (Å²) in [5, 5.41) is 0. The fraction of sp³-hybridized carbons (Fsp3) is 0.321. The zero-order chi connectivity index (χ0) is 24.8. The van der Waals surface area contributed by atoms with Crippen molar-refractivity contribution in [2.75, 3.05) is 35.0 Å². The van der Waals surface area contributed by atoms with Crippen LogP contribution in [0.5, 0.6) is 23.0 Å². The Bertz CT molecular complexity index is 1160. The normalized spacial score (nSPS) is 14.6. The fourth-order valence-corrected chi connectivity index (χ4v) is 4.50. The SMILES string of the molecule is COC(=O)N1CCc2cc(OC)c(OC)cc2C1Cc1ccc(OC)c(OCc2ccccc2)c1. The smallest absolute Gasteiger partial charge is 0.410 e. The van der Waals surface area contributed by atoms with E-state index in [1.165, 1.54) is 7.11 Å². The van der Waals surface area contributed by atoms with Gasteiger partial charge in [-0.25, -0.2) is 4.79 Å². The maximum absolute atomic E-state index is 12.7. The highest BCUT2D eigenvalue weighted by atomic mass is 16.5. The van der Waals surface area contributed by atoms with Gasteiger partial charge in [-0.05, 0) is 59.4 Å². The van der Waals surface area contributed by atoms with Crippen LogP contribution >= 0.6 is 0 Å². The number of hydrogen-bond acceptors (Lipinski definition) is 6. The van der Waals surface area contributed by atoms with Crippen molar-refractivity contribution in [3.8, 4) is 23.0 Å². The van der Waals surface area contributed by atoms with Gasteiger partial charge in [0.15, 0.2) is 23.0 Å². The van der Waals surface area contributed by atoms with E-state index in [4.69, 9.17) is 23.7 Å². The van der Waals surface area contributed by atoms with Gasteiger partial charge in [0.2, 0.25) is 0 Å². The summed E-state index contributed by atoms with van der Waals surface area (Å²) in [6, 6.07) is 19.6. The van der Waals surface area contributed by atoms with Crippen LogP contribution in [0.3, 0.4) is 0 Å². The number of hydrogen-bond donors (Lipinski definition) is 0. The molecular formula is C28H31NO6. The van der Waals surface area contributed by atoms with Gasteiger partial charge in [-0.1, -0.05) is 36.4 Å². The van der Waals surface area contributed by atoms with Crippen LogP contribution in [0.2, 0.25) is 0 Å². The van der Waals surface area contributed by atoms with Gasteiger partial charge in [-0.15, -0.1) is 0 Å². The first-order valence-corrected chi connectivity index (χ1v) is 11.5. The summed E-state index contributed by atoms with van der Waals surface area (Å²) in [7, 11) is 6.27. The summed E-state index contributed by atoms with van der Waals surface area (Å²) >= 11 is 0. The molecule has 0 spiro atoms. The Morgan fingerprint density at radius 3 is 2.23 bits per heavy atom. The van der Waals surface area contributed by atoms with Gasteiger partial charge in [0.25, 0.3) is 0 Å². The molecule has 0 fully saturated rings. The Balaban J connectivity index is 1.66. The van der Waals surface area contributed by atoms with Crippen molar-refractivity contribution < 1.29 is 28.5 Å². The molecule has 0 N–H and O–H groups in total. The molecule has 0 saturated heterocycles. The third-order valence-corrected chi connectivity index (χ3v) is 6.31. The molecule has 7 heteroatoms.